The first-order valence-corrected chi connectivity index (χ1v) is 8.65. The van der Waals surface area contributed by atoms with Gasteiger partial charge < -0.3 is 10.2 Å². The number of hydrogen-bond acceptors (Lipinski definition) is 3. The van der Waals surface area contributed by atoms with Crippen LogP contribution in [-0.2, 0) is 6.42 Å². The zero-order chi connectivity index (χ0) is 16.4. The number of anilines is 1. The third-order valence-electron chi connectivity index (χ3n) is 3.80. The zero-order valence-electron chi connectivity index (χ0n) is 13.3. The summed E-state index contributed by atoms with van der Waals surface area (Å²) in [6.07, 6.45) is 0.816. The molecular formula is C18H20N2O2S. The quantitative estimate of drug-likeness (QED) is 0.936. The van der Waals surface area contributed by atoms with Crippen LogP contribution < -0.4 is 10.2 Å². The summed E-state index contributed by atoms with van der Waals surface area (Å²) in [7, 11) is 0. The van der Waals surface area contributed by atoms with Gasteiger partial charge >= 0.3 is 0 Å². The Morgan fingerprint density at radius 3 is 2.70 bits per heavy atom. The van der Waals surface area contributed by atoms with Crippen molar-refractivity contribution in [3.8, 4) is 0 Å². The van der Waals surface area contributed by atoms with Crippen molar-refractivity contribution in [2.24, 2.45) is 5.92 Å². The molecule has 2 amide bonds. The third kappa shape index (κ3) is 3.29. The highest BCUT2D eigenvalue weighted by atomic mass is 32.1. The second-order valence-corrected chi connectivity index (χ2v) is 7.23. The van der Waals surface area contributed by atoms with Gasteiger partial charge in [0.15, 0.2) is 0 Å². The maximum atomic E-state index is 12.6. The summed E-state index contributed by atoms with van der Waals surface area (Å²) in [5.74, 6) is 0.364. The Labute approximate surface area is 140 Å². The summed E-state index contributed by atoms with van der Waals surface area (Å²) >= 11 is 1.49. The van der Waals surface area contributed by atoms with Crippen molar-refractivity contribution in [3.05, 3.63) is 51.7 Å². The molecule has 1 aromatic heterocycles. The maximum absolute atomic E-state index is 12.6. The number of thiophene rings is 1. The monoisotopic (exact) mass is 328 g/mol. The van der Waals surface area contributed by atoms with Crippen molar-refractivity contribution in [1.82, 2.24) is 5.32 Å². The normalized spacial score (nSPS) is 13.3. The van der Waals surface area contributed by atoms with Gasteiger partial charge in [0.25, 0.3) is 11.8 Å². The number of nitrogens with zero attached hydrogens (tertiary/aromatic N) is 1. The SMILES string of the molecule is CC(C)CNC(=O)c1cc2c(s1)CCN2C(=O)c1ccccc1. The smallest absolute Gasteiger partial charge is 0.261 e. The first kappa shape index (κ1) is 15.7. The predicted octanol–water partition coefficient (Wildman–Crippen LogP) is 3.34. The highest BCUT2D eigenvalue weighted by Gasteiger charge is 2.29. The lowest BCUT2D eigenvalue weighted by Gasteiger charge is -2.16. The number of benzene rings is 1. The standard InChI is InChI=1S/C18H20N2O2S/c1-12(2)11-19-17(21)16-10-14-15(23-16)8-9-20(14)18(22)13-6-4-3-5-7-13/h3-7,10,12H,8-9,11H2,1-2H3,(H,19,21). The number of carbonyl (C=O) groups excluding carboxylic acids is 2. The van der Waals surface area contributed by atoms with Crippen molar-refractivity contribution in [2.75, 3.05) is 18.0 Å². The molecule has 0 atom stereocenters. The Hall–Kier alpha value is -2.14. The highest BCUT2D eigenvalue weighted by molar-refractivity contribution is 7.14. The fourth-order valence-electron chi connectivity index (χ4n) is 2.60. The summed E-state index contributed by atoms with van der Waals surface area (Å²) in [4.78, 5) is 28.4. The molecule has 0 unspecified atom stereocenters. The maximum Gasteiger partial charge on any atom is 0.261 e. The average molecular weight is 328 g/mol. The Bertz CT molecular complexity index is 722. The number of amides is 2. The van der Waals surface area contributed by atoms with Gasteiger partial charge in [-0.3, -0.25) is 9.59 Å². The molecule has 0 fully saturated rings. The predicted molar refractivity (Wildman–Crippen MR) is 93.3 cm³/mol. The molecule has 0 bridgehead atoms. The molecule has 1 aliphatic rings. The zero-order valence-corrected chi connectivity index (χ0v) is 14.2. The van der Waals surface area contributed by atoms with E-state index in [1.807, 2.05) is 36.4 Å². The van der Waals surface area contributed by atoms with Gasteiger partial charge in [-0.2, -0.15) is 0 Å². The molecule has 23 heavy (non-hydrogen) atoms. The van der Waals surface area contributed by atoms with E-state index in [9.17, 15) is 9.59 Å². The first-order chi connectivity index (χ1) is 11.1. The minimum Gasteiger partial charge on any atom is -0.351 e. The van der Waals surface area contributed by atoms with E-state index in [4.69, 9.17) is 0 Å². The van der Waals surface area contributed by atoms with E-state index in [2.05, 4.69) is 19.2 Å². The molecule has 2 heterocycles. The molecule has 0 saturated heterocycles. The molecule has 0 radical (unpaired) electrons. The molecule has 0 saturated carbocycles. The minimum atomic E-state index is -0.0507. The summed E-state index contributed by atoms with van der Waals surface area (Å²) in [5, 5.41) is 2.93. The summed E-state index contributed by atoms with van der Waals surface area (Å²) < 4.78 is 0. The van der Waals surface area contributed by atoms with E-state index in [1.54, 1.807) is 4.90 Å². The molecule has 2 aromatic rings. The number of rotatable bonds is 4. The lowest BCUT2D eigenvalue weighted by atomic mass is 10.2. The Kier molecular flexibility index (Phi) is 4.48. The second-order valence-electron chi connectivity index (χ2n) is 6.10. The van der Waals surface area contributed by atoms with Crippen molar-refractivity contribution in [3.63, 3.8) is 0 Å². The topological polar surface area (TPSA) is 49.4 Å². The Morgan fingerprint density at radius 1 is 1.26 bits per heavy atom. The van der Waals surface area contributed by atoms with Crippen LogP contribution in [0.15, 0.2) is 36.4 Å². The molecule has 3 rings (SSSR count). The molecule has 1 aromatic carbocycles. The molecule has 5 heteroatoms. The fourth-order valence-corrected chi connectivity index (χ4v) is 3.67. The van der Waals surface area contributed by atoms with E-state index < -0.39 is 0 Å². The van der Waals surface area contributed by atoms with Gasteiger partial charge in [-0.1, -0.05) is 32.0 Å². The molecule has 0 spiro atoms. The minimum absolute atomic E-state index is 0.00344. The van der Waals surface area contributed by atoms with Crippen molar-refractivity contribution >= 4 is 28.8 Å². The molecule has 120 valence electrons. The molecule has 4 nitrogen and oxygen atoms in total. The van der Waals surface area contributed by atoms with Gasteiger partial charge in [-0.25, -0.2) is 0 Å². The van der Waals surface area contributed by atoms with Crippen LogP contribution in [0.4, 0.5) is 5.69 Å². The average Bonchev–Trinajstić information content (AvgIpc) is 3.13. The van der Waals surface area contributed by atoms with Gasteiger partial charge in [0, 0.05) is 30.0 Å². The third-order valence-corrected chi connectivity index (χ3v) is 4.98. The largest absolute Gasteiger partial charge is 0.351 e. The van der Waals surface area contributed by atoms with Crippen LogP contribution in [0.3, 0.4) is 0 Å². The van der Waals surface area contributed by atoms with Gasteiger partial charge in [-0.15, -0.1) is 11.3 Å². The number of hydrogen-bond donors (Lipinski definition) is 1. The summed E-state index contributed by atoms with van der Waals surface area (Å²) in [6.45, 7) is 5.47. The summed E-state index contributed by atoms with van der Waals surface area (Å²) in [5.41, 5.74) is 1.57. The first-order valence-electron chi connectivity index (χ1n) is 7.84. The number of carbonyl (C=O) groups is 2. The number of nitrogens with one attached hydrogen (secondary N) is 1. The second kappa shape index (κ2) is 6.54. The molecular weight excluding hydrogens is 308 g/mol. The van der Waals surface area contributed by atoms with Gasteiger partial charge in [0.2, 0.25) is 0 Å². The Balaban J connectivity index is 1.78. The van der Waals surface area contributed by atoms with E-state index in [0.29, 0.717) is 29.4 Å². The van der Waals surface area contributed by atoms with Crippen molar-refractivity contribution in [2.45, 2.75) is 20.3 Å². The van der Waals surface area contributed by atoms with Crippen LogP contribution in [0.1, 0.15) is 38.8 Å². The van der Waals surface area contributed by atoms with Gasteiger partial charge in [0.1, 0.15) is 0 Å². The van der Waals surface area contributed by atoms with Crippen LogP contribution in [-0.4, -0.2) is 24.9 Å². The van der Waals surface area contributed by atoms with Gasteiger partial charge in [0.05, 0.1) is 10.6 Å². The Morgan fingerprint density at radius 2 is 2.00 bits per heavy atom. The van der Waals surface area contributed by atoms with Crippen molar-refractivity contribution < 1.29 is 9.59 Å². The van der Waals surface area contributed by atoms with Crippen LogP contribution in [0.2, 0.25) is 0 Å². The molecule has 1 N–H and O–H groups in total. The van der Waals surface area contributed by atoms with Crippen LogP contribution in [0.25, 0.3) is 0 Å². The summed E-state index contributed by atoms with van der Waals surface area (Å²) in [6, 6.07) is 11.1. The lowest BCUT2D eigenvalue weighted by Crippen LogP contribution is -2.29. The van der Waals surface area contributed by atoms with Crippen molar-refractivity contribution in [1.29, 1.82) is 0 Å². The van der Waals surface area contributed by atoms with E-state index in [1.165, 1.54) is 11.3 Å². The number of fused-ring (bicyclic) bond motifs is 1. The van der Waals surface area contributed by atoms with Gasteiger partial charge in [-0.05, 0) is 24.1 Å². The fraction of sp³-hybridized carbons (Fsp3) is 0.333. The van der Waals surface area contributed by atoms with Crippen LogP contribution >= 0.6 is 11.3 Å². The lowest BCUT2D eigenvalue weighted by molar-refractivity contribution is 0.0950. The molecule has 0 aliphatic carbocycles. The van der Waals surface area contributed by atoms with Crippen LogP contribution in [0.5, 0.6) is 0 Å². The van der Waals surface area contributed by atoms with E-state index >= 15 is 0 Å². The molecule has 1 aliphatic heterocycles. The van der Waals surface area contributed by atoms with E-state index in [0.717, 1.165) is 17.0 Å². The van der Waals surface area contributed by atoms with E-state index in [-0.39, 0.29) is 11.8 Å². The van der Waals surface area contributed by atoms with Crippen LogP contribution in [0, 0.1) is 5.92 Å². The highest BCUT2D eigenvalue weighted by Crippen LogP contribution is 2.36.